The number of anilines is 1. The number of nitrogens with one attached hydrogen (secondary N) is 1. The van der Waals surface area contributed by atoms with Crippen molar-refractivity contribution in [1.29, 1.82) is 0 Å². The van der Waals surface area contributed by atoms with Gasteiger partial charge in [0.15, 0.2) is 0 Å². The highest BCUT2D eigenvalue weighted by Crippen LogP contribution is 2.31. The molecule has 0 aliphatic carbocycles. The summed E-state index contributed by atoms with van der Waals surface area (Å²) in [5, 5.41) is 12.9. The van der Waals surface area contributed by atoms with E-state index in [9.17, 15) is 14.7 Å². The van der Waals surface area contributed by atoms with Crippen LogP contribution in [0.15, 0.2) is 84.9 Å². The van der Waals surface area contributed by atoms with Gasteiger partial charge in [-0.1, -0.05) is 60.7 Å². The predicted octanol–water partition coefficient (Wildman–Crippen LogP) is 3.40. The Morgan fingerprint density at radius 1 is 0.968 bits per heavy atom. The van der Waals surface area contributed by atoms with Crippen molar-refractivity contribution in [3.8, 4) is 0 Å². The Morgan fingerprint density at radius 2 is 1.61 bits per heavy atom. The number of rotatable bonds is 6. The molecule has 2 amide bonds. The number of carbonyl (C=O) groups is 2. The minimum absolute atomic E-state index is 0.0412. The zero-order valence-corrected chi connectivity index (χ0v) is 17.0. The molecule has 158 valence electrons. The van der Waals surface area contributed by atoms with Crippen LogP contribution < -0.4 is 5.32 Å². The maximum atomic E-state index is 12.5. The van der Waals surface area contributed by atoms with E-state index in [1.54, 1.807) is 29.2 Å². The molecule has 1 saturated heterocycles. The average molecular weight is 416 g/mol. The van der Waals surface area contributed by atoms with Crippen molar-refractivity contribution in [2.75, 3.05) is 18.5 Å². The number of ether oxygens (including phenoxy) is 1. The Balaban J connectivity index is 1.48. The van der Waals surface area contributed by atoms with Gasteiger partial charge in [-0.3, -0.25) is 9.59 Å². The third-order valence-electron chi connectivity index (χ3n) is 5.37. The van der Waals surface area contributed by atoms with E-state index >= 15 is 0 Å². The smallest absolute Gasteiger partial charge is 0.255 e. The van der Waals surface area contributed by atoms with E-state index in [1.165, 1.54) is 0 Å². The summed E-state index contributed by atoms with van der Waals surface area (Å²) in [5.74, 6) is -0.332. The van der Waals surface area contributed by atoms with E-state index in [0.717, 1.165) is 11.1 Å². The van der Waals surface area contributed by atoms with Gasteiger partial charge in [-0.05, 0) is 35.4 Å². The molecule has 6 nitrogen and oxygen atoms in total. The van der Waals surface area contributed by atoms with Crippen LogP contribution in [-0.4, -0.2) is 41.1 Å². The fraction of sp³-hybridized carbons (Fsp3) is 0.200. The van der Waals surface area contributed by atoms with Crippen molar-refractivity contribution in [2.45, 2.75) is 18.7 Å². The van der Waals surface area contributed by atoms with Gasteiger partial charge in [0.25, 0.3) is 5.91 Å². The molecule has 2 atom stereocenters. The van der Waals surface area contributed by atoms with Crippen molar-refractivity contribution in [2.24, 2.45) is 0 Å². The minimum Gasteiger partial charge on any atom is -0.394 e. The molecule has 1 aliphatic heterocycles. The van der Waals surface area contributed by atoms with Crippen LogP contribution in [0.2, 0.25) is 0 Å². The third kappa shape index (κ3) is 4.82. The topological polar surface area (TPSA) is 78.9 Å². The highest BCUT2D eigenvalue weighted by Gasteiger charge is 2.37. The predicted molar refractivity (Wildman–Crippen MR) is 117 cm³/mol. The molecule has 3 aromatic carbocycles. The van der Waals surface area contributed by atoms with Crippen LogP contribution in [0, 0.1) is 0 Å². The second kappa shape index (κ2) is 9.55. The standard InChI is InChI=1S/C25H24N2O4/c28-16-22-24(31-17-23(29)27(22)15-18-7-3-1-4-8-18)19-11-13-21(14-12-19)26-25(30)20-9-5-2-6-10-20/h1-14,22,24,28H,15-17H2,(H,26,30)/t22-,24-/m1/s1. The molecule has 0 bridgehead atoms. The van der Waals surface area contributed by atoms with Gasteiger partial charge in [-0.15, -0.1) is 0 Å². The molecule has 1 heterocycles. The van der Waals surface area contributed by atoms with Crippen molar-refractivity contribution in [3.05, 3.63) is 102 Å². The first-order valence-corrected chi connectivity index (χ1v) is 10.2. The molecule has 2 N–H and O–H groups in total. The second-order valence-corrected chi connectivity index (χ2v) is 7.43. The Hall–Kier alpha value is -3.48. The number of aliphatic hydroxyl groups is 1. The zero-order valence-electron chi connectivity index (χ0n) is 17.0. The first kappa shape index (κ1) is 20.8. The summed E-state index contributed by atoms with van der Waals surface area (Å²) in [6.45, 7) is 0.159. The van der Waals surface area contributed by atoms with Crippen LogP contribution in [0.3, 0.4) is 0 Å². The summed E-state index contributed by atoms with van der Waals surface area (Å²) in [6.07, 6.45) is -0.453. The van der Waals surface area contributed by atoms with Crippen LogP contribution in [0.4, 0.5) is 5.69 Å². The van der Waals surface area contributed by atoms with E-state index in [4.69, 9.17) is 4.74 Å². The minimum atomic E-state index is -0.494. The van der Waals surface area contributed by atoms with Gasteiger partial charge >= 0.3 is 0 Å². The van der Waals surface area contributed by atoms with Crippen LogP contribution in [-0.2, 0) is 16.1 Å². The summed E-state index contributed by atoms with van der Waals surface area (Å²) < 4.78 is 5.80. The number of hydrogen-bond donors (Lipinski definition) is 2. The summed E-state index contributed by atoms with van der Waals surface area (Å²) >= 11 is 0. The maximum absolute atomic E-state index is 12.5. The number of benzene rings is 3. The molecular formula is C25H24N2O4. The quantitative estimate of drug-likeness (QED) is 0.646. The number of nitrogens with zero attached hydrogens (tertiary/aromatic N) is 1. The first-order chi connectivity index (χ1) is 15.2. The maximum Gasteiger partial charge on any atom is 0.255 e. The first-order valence-electron chi connectivity index (χ1n) is 10.2. The van der Waals surface area contributed by atoms with Crippen LogP contribution >= 0.6 is 0 Å². The monoisotopic (exact) mass is 416 g/mol. The van der Waals surface area contributed by atoms with E-state index in [0.29, 0.717) is 17.8 Å². The fourth-order valence-electron chi connectivity index (χ4n) is 3.75. The van der Waals surface area contributed by atoms with Crippen LogP contribution in [0.5, 0.6) is 0 Å². The molecule has 31 heavy (non-hydrogen) atoms. The van der Waals surface area contributed by atoms with Crippen molar-refractivity contribution >= 4 is 17.5 Å². The summed E-state index contributed by atoms with van der Waals surface area (Å²) in [6, 6.07) is 25.5. The van der Waals surface area contributed by atoms with Gasteiger partial charge in [-0.25, -0.2) is 0 Å². The molecule has 1 aliphatic rings. The van der Waals surface area contributed by atoms with Gasteiger partial charge in [-0.2, -0.15) is 0 Å². The van der Waals surface area contributed by atoms with Crippen molar-refractivity contribution in [3.63, 3.8) is 0 Å². The van der Waals surface area contributed by atoms with Gasteiger partial charge in [0.05, 0.1) is 12.6 Å². The lowest BCUT2D eigenvalue weighted by molar-refractivity contribution is -0.162. The number of morpholine rings is 1. The molecule has 1 fully saturated rings. The average Bonchev–Trinajstić information content (AvgIpc) is 2.82. The molecular weight excluding hydrogens is 392 g/mol. The molecule has 0 spiro atoms. The molecule has 0 saturated carbocycles. The highest BCUT2D eigenvalue weighted by atomic mass is 16.5. The molecule has 0 unspecified atom stereocenters. The SMILES string of the molecule is O=C(Nc1ccc([C@H]2OCC(=O)N(Cc3ccccc3)[C@@H]2CO)cc1)c1ccccc1. The lowest BCUT2D eigenvalue weighted by Crippen LogP contribution is -2.52. The Labute approximate surface area is 181 Å². The van der Waals surface area contributed by atoms with E-state index in [1.807, 2.05) is 60.7 Å². The van der Waals surface area contributed by atoms with Crippen LogP contribution in [0.25, 0.3) is 0 Å². The van der Waals surface area contributed by atoms with Crippen molar-refractivity contribution in [1.82, 2.24) is 4.90 Å². The normalized spacial score (nSPS) is 18.6. The number of aliphatic hydroxyl groups excluding tert-OH is 1. The molecule has 6 heteroatoms. The molecule has 0 aromatic heterocycles. The molecule has 4 rings (SSSR count). The Morgan fingerprint density at radius 3 is 2.26 bits per heavy atom. The van der Waals surface area contributed by atoms with E-state index < -0.39 is 12.1 Å². The zero-order chi connectivity index (χ0) is 21.6. The van der Waals surface area contributed by atoms with Gasteiger partial charge in [0, 0.05) is 17.8 Å². The van der Waals surface area contributed by atoms with Crippen LogP contribution in [0.1, 0.15) is 27.6 Å². The summed E-state index contributed by atoms with van der Waals surface area (Å²) in [4.78, 5) is 26.5. The lowest BCUT2D eigenvalue weighted by atomic mass is 9.98. The summed E-state index contributed by atoms with van der Waals surface area (Å²) in [7, 11) is 0. The largest absolute Gasteiger partial charge is 0.394 e. The van der Waals surface area contributed by atoms with Gasteiger partial charge in [0.2, 0.25) is 5.91 Å². The highest BCUT2D eigenvalue weighted by molar-refractivity contribution is 6.04. The number of hydrogen-bond acceptors (Lipinski definition) is 4. The van der Waals surface area contributed by atoms with Gasteiger partial charge in [0.1, 0.15) is 12.7 Å². The number of amides is 2. The molecule has 3 aromatic rings. The lowest BCUT2D eigenvalue weighted by Gasteiger charge is -2.40. The number of carbonyl (C=O) groups excluding carboxylic acids is 2. The third-order valence-corrected chi connectivity index (χ3v) is 5.37. The Bertz CT molecular complexity index is 1020. The molecule has 0 radical (unpaired) electrons. The summed E-state index contributed by atoms with van der Waals surface area (Å²) in [5.41, 5.74) is 3.07. The Kier molecular flexibility index (Phi) is 6.40. The van der Waals surface area contributed by atoms with E-state index in [2.05, 4.69) is 5.32 Å². The fourth-order valence-corrected chi connectivity index (χ4v) is 3.75. The van der Waals surface area contributed by atoms with Crippen molar-refractivity contribution < 1.29 is 19.4 Å². The van der Waals surface area contributed by atoms with E-state index in [-0.39, 0.29) is 25.0 Å². The second-order valence-electron chi connectivity index (χ2n) is 7.43. The van der Waals surface area contributed by atoms with Gasteiger partial charge < -0.3 is 20.1 Å².